The average molecular weight is 1200 g/mol. The number of unbranched alkanes of at least 4 members (excludes halogenated alkanes) is 3. The summed E-state index contributed by atoms with van der Waals surface area (Å²) in [7, 11) is 10.3. The highest BCUT2D eigenvalue weighted by molar-refractivity contribution is 5.83. The number of halogens is 5. The molecule has 10 N–H and O–H groups in total. The van der Waals surface area contributed by atoms with Gasteiger partial charge in [-0.1, -0.05) is 94.5 Å². The molecule has 84 heavy (non-hydrogen) atoms. The van der Waals surface area contributed by atoms with Crippen LogP contribution >= 0.6 is 0 Å². The number of carboxylic acids is 1. The van der Waals surface area contributed by atoms with Gasteiger partial charge < -0.3 is 52.5 Å². The first-order valence-corrected chi connectivity index (χ1v) is 28.8. The lowest BCUT2D eigenvalue weighted by atomic mass is 9.96. The first-order valence-electron chi connectivity index (χ1n) is 28.8. The molecule has 22 heteroatoms. The molecule has 2 unspecified atom stereocenters. The predicted octanol–water partition coefficient (Wildman–Crippen LogP) is 7.97. The number of nitrogens with one attached hydrogen (secondary N) is 7. The van der Waals surface area contributed by atoms with E-state index in [0.29, 0.717) is 25.7 Å². The van der Waals surface area contributed by atoms with E-state index in [1.807, 2.05) is 69.6 Å². The summed E-state index contributed by atoms with van der Waals surface area (Å²) in [5.74, 6) is -6.52. The number of amides is 1. The number of ketones is 5. The van der Waals surface area contributed by atoms with E-state index in [1.165, 1.54) is 46.5 Å². The van der Waals surface area contributed by atoms with Gasteiger partial charge >= 0.3 is 5.97 Å². The fraction of sp³-hybridized carbons (Fsp3) is 0.629. The van der Waals surface area contributed by atoms with Crippen LogP contribution < -0.4 is 37.2 Å². The second kappa shape index (κ2) is 48.7. The van der Waals surface area contributed by atoms with Gasteiger partial charge in [-0.25, -0.2) is 22.0 Å². The van der Waals surface area contributed by atoms with Crippen LogP contribution in [0, 0.1) is 6.92 Å². The molecule has 1 aliphatic carbocycles. The number of hydrogen-bond acceptors (Lipinski definition) is 15. The third kappa shape index (κ3) is 35.1. The summed E-state index contributed by atoms with van der Waals surface area (Å²) in [4.78, 5) is 76.3. The number of aliphatic hydroxyl groups excluding tert-OH is 2. The molecule has 0 aliphatic heterocycles. The van der Waals surface area contributed by atoms with Crippen molar-refractivity contribution in [3.8, 4) is 11.1 Å². The molecule has 0 aromatic heterocycles. The summed E-state index contributed by atoms with van der Waals surface area (Å²) in [6.45, 7) is 15.4. The monoisotopic (exact) mass is 1200 g/mol. The maximum atomic E-state index is 13.9. The molecule has 0 radical (unpaired) electrons. The van der Waals surface area contributed by atoms with Crippen molar-refractivity contribution in [1.29, 1.82) is 0 Å². The van der Waals surface area contributed by atoms with Crippen LogP contribution in [-0.4, -0.2) is 166 Å². The first-order chi connectivity index (χ1) is 39.6. The van der Waals surface area contributed by atoms with Crippen molar-refractivity contribution in [2.45, 2.75) is 200 Å². The standard InChI is InChI=1S/C25H25F5N2O.C10H21NO.C8H15NO3.C7H15NO.2C6H13NO2/c1-14-5-3-4-6-17(14)16-9-7-15(8-10-16)13-19(31-2)25(33)32-12-11-18-20(26)22(28)24(30)23(29)21(18)27;1-4-5-6-7-8-10(11-3)9(2)12;1-6(10)7(9-2)4-3-5-8(11)12;1-4-5-7(8-3)6(2)9;1-5(9)6(7-2)3-4-8;1-4(8)6(7-3)5(2)9/h3-10,19-20,22,31H,11-13H2,1-2H3,(H,32,33);10-11H,4-8H2,1-3H3;7,9H,3-5H2,1-2H3,(H,11,12);7-8H,4-5H2,1-3H3;6-8H,3-4H2,1-2H3;4,6-8H,1-3H3/t19-,20?,22?;10-;2*7-;6-;4-,6+/m000001/s1. The third-order valence-corrected chi connectivity index (χ3v) is 13.5. The zero-order valence-electron chi connectivity index (χ0n) is 52.5. The molecule has 1 aliphatic rings. The number of aliphatic hydroxyl groups is 2. The van der Waals surface area contributed by atoms with Gasteiger partial charge in [-0.15, -0.1) is 0 Å². The Kier molecular flexibility index (Phi) is 48.0. The van der Waals surface area contributed by atoms with Gasteiger partial charge in [-0.3, -0.25) is 33.6 Å². The summed E-state index contributed by atoms with van der Waals surface area (Å²) in [5, 5.41) is 45.4. The van der Waals surface area contributed by atoms with Crippen LogP contribution in [0.3, 0.4) is 0 Å². The molecule has 480 valence electrons. The minimum Gasteiger partial charge on any atom is -0.481 e. The summed E-state index contributed by atoms with van der Waals surface area (Å²) >= 11 is 0. The molecule has 3 rings (SSSR count). The van der Waals surface area contributed by atoms with E-state index in [0.717, 1.165) is 41.5 Å². The maximum Gasteiger partial charge on any atom is 0.303 e. The van der Waals surface area contributed by atoms with Crippen LogP contribution in [0.2, 0.25) is 0 Å². The van der Waals surface area contributed by atoms with Crippen molar-refractivity contribution >= 4 is 40.8 Å². The Morgan fingerprint density at radius 1 is 0.571 bits per heavy atom. The number of aryl methyl sites for hydroxylation is 1. The highest BCUT2D eigenvalue weighted by atomic mass is 19.2. The number of hydrogen-bond donors (Lipinski definition) is 10. The number of carbonyl (C=O) groups excluding carboxylic acids is 6. The number of allylic oxidation sites excluding steroid dienone is 3. The topological polar surface area (TPSA) is 264 Å². The molecule has 0 spiro atoms. The van der Waals surface area contributed by atoms with Crippen molar-refractivity contribution in [3.63, 3.8) is 0 Å². The molecule has 0 heterocycles. The smallest absolute Gasteiger partial charge is 0.303 e. The van der Waals surface area contributed by atoms with E-state index in [2.05, 4.69) is 51.1 Å². The lowest BCUT2D eigenvalue weighted by Gasteiger charge is -2.22. The average Bonchev–Trinajstić information content (AvgIpc) is 2.68. The zero-order valence-corrected chi connectivity index (χ0v) is 52.5. The molecule has 0 fully saturated rings. The third-order valence-electron chi connectivity index (χ3n) is 13.5. The number of carbonyl (C=O) groups is 7. The van der Waals surface area contributed by atoms with Crippen LogP contribution in [0.5, 0.6) is 0 Å². The SMILES string of the molecule is CCCCCC[C@H](NC)C(C)=O.CCC[C@H](NC)C(C)=O.CN[C@@H](CCCC(=O)O)C(C)=O.CN[C@@H](CCO)C(C)=O.CN[C@@H](Cc1ccc(-c2ccccc2C)cc1)C(=O)NCCC1=C(F)C(F)=C(F)C(F)C1F.CN[C@H](C(C)=O)[C@@H](C)O. The van der Waals surface area contributed by atoms with E-state index in [9.17, 15) is 55.5 Å². The highest BCUT2D eigenvalue weighted by Crippen LogP contribution is 2.38. The Hall–Kier alpha value is -5.46. The Labute approximate surface area is 497 Å². The van der Waals surface area contributed by atoms with Gasteiger partial charge in [0.15, 0.2) is 29.8 Å². The summed E-state index contributed by atoms with van der Waals surface area (Å²) < 4.78 is 67.7. The Bertz CT molecular complexity index is 2270. The molecule has 2 aromatic rings. The second-order valence-electron chi connectivity index (χ2n) is 20.3. The number of aliphatic carboxylic acids is 1. The lowest BCUT2D eigenvalue weighted by Crippen LogP contribution is -2.44. The quantitative estimate of drug-likeness (QED) is 0.0246. The summed E-state index contributed by atoms with van der Waals surface area (Å²) in [6.07, 6.45) is 3.48. The van der Waals surface area contributed by atoms with Gasteiger partial charge in [0.2, 0.25) is 5.91 Å². The van der Waals surface area contributed by atoms with Crippen LogP contribution in [0.15, 0.2) is 71.6 Å². The van der Waals surface area contributed by atoms with Crippen LogP contribution in [0.1, 0.15) is 144 Å². The number of rotatable bonds is 32. The van der Waals surface area contributed by atoms with E-state index in [4.69, 9.17) is 15.3 Å². The number of Topliss-reactive ketones (excluding diaryl/α,β-unsaturated/α-hetero) is 5. The first kappa shape index (κ1) is 82.8. The van der Waals surface area contributed by atoms with E-state index >= 15 is 0 Å². The molecule has 0 saturated heterocycles. The normalized spacial score (nSPS) is 16.0. The van der Waals surface area contributed by atoms with Crippen LogP contribution in [0.25, 0.3) is 11.1 Å². The molecular weight excluding hydrogens is 1100 g/mol. The number of alkyl halides is 2. The van der Waals surface area contributed by atoms with Crippen molar-refractivity contribution < 1.29 is 70.8 Å². The van der Waals surface area contributed by atoms with Crippen molar-refractivity contribution in [2.75, 3.05) is 55.4 Å². The Morgan fingerprint density at radius 2 is 1.05 bits per heavy atom. The predicted molar refractivity (Wildman–Crippen MR) is 324 cm³/mol. The van der Waals surface area contributed by atoms with Gasteiger partial charge in [-0.05, 0) is 158 Å². The molecule has 17 nitrogen and oxygen atoms in total. The lowest BCUT2D eigenvalue weighted by molar-refractivity contribution is -0.137. The highest BCUT2D eigenvalue weighted by Gasteiger charge is 2.39. The molecule has 2 aromatic carbocycles. The van der Waals surface area contributed by atoms with E-state index in [-0.39, 0.29) is 72.7 Å². The number of carboxylic acid groups (broad SMARTS) is 1. The molecule has 0 bridgehead atoms. The zero-order chi connectivity index (χ0) is 65.1. The summed E-state index contributed by atoms with van der Waals surface area (Å²) in [5.41, 5.74) is 3.37. The molecule has 9 atom stereocenters. The fourth-order valence-corrected chi connectivity index (χ4v) is 8.40. The number of likely N-dealkylation sites (N-methyl/N-ethyl adjacent to an activating group) is 6. The van der Waals surface area contributed by atoms with E-state index in [1.54, 1.807) is 49.0 Å². The largest absolute Gasteiger partial charge is 0.481 e. The van der Waals surface area contributed by atoms with Crippen LogP contribution in [-0.2, 0) is 40.0 Å². The van der Waals surface area contributed by atoms with Gasteiger partial charge in [0.1, 0.15) is 28.9 Å². The Morgan fingerprint density at radius 3 is 1.42 bits per heavy atom. The fourth-order valence-electron chi connectivity index (χ4n) is 8.40. The van der Waals surface area contributed by atoms with E-state index < -0.39 is 71.9 Å². The van der Waals surface area contributed by atoms with Crippen molar-refractivity contribution in [2.24, 2.45) is 0 Å². The second-order valence-corrected chi connectivity index (χ2v) is 20.3. The van der Waals surface area contributed by atoms with Gasteiger partial charge in [-0.2, -0.15) is 0 Å². The Balaban J connectivity index is -0.00000106. The van der Waals surface area contributed by atoms with Crippen LogP contribution in [0.4, 0.5) is 22.0 Å². The molecule has 1 amide bonds. The maximum absolute atomic E-state index is 13.9. The van der Waals surface area contributed by atoms with Gasteiger partial charge in [0, 0.05) is 25.1 Å². The summed E-state index contributed by atoms with van der Waals surface area (Å²) in [6, 6.07) is 14.5. The van der Waals surface area contributed by atoms with Gasteiger partial charge in [0.05, 0.1) is 42.4 Å². The minimum absolute atomic E-state index is 0.0347. The molecular formula is C62H102F5N7O10. The van der Waals surface area contributed by atoms with Gasteiger partial charge in [0.25, 0.3) is 0 Å². The minimum atomic E-state index is -2.89. The van der Waals surface area contributed by atoms with Crippen molar-refractivity contribution in [1.82, 2.24) is 37.2 Å². The molecule has 0 saturated carbocycles. The number of benzene rings is 2. The van der Waals surface area contributed by atoms with Crippen molar-refractivity contribution in [3.05, 3.63) is 82.7 Å².